The van der Waals surface area contributed by atoms with Crippen molar-refractivity contribution in [2.75, 3.05) is 6.54 Å². The monoisotopic (exact) mass is 326 g/mol. The van der Waals surface area contributed by atoms with Gasteiger partial charge < -0.3 is 10.5 Å². The Balaban J connectivity index is 0.00000139. The van der Waals surface area contributed by atoms with Crippen LogP contribution in [0.3, 0.4) is 0 Å². The summed E-state index contributed by atoms with van der Waals surface area (Å²) in [5, 5.41) is 2.47. The number of nitrogens with one attached hydrogen (secondary N) is 1. The molecule has 0 atom stereocenters. The minimum Gasteiger partial charge on any atom is -0.425 e. The van der Waals surface area contributed by atoms with Crippen molar-refractivity contribution in [3.63, 3.8) is 0 Å². The van der Waals surface area contributed by atoms with E-state index < -0.39 is 0 Å². The van der Waals surface area contributed by atoms with Gasteiger partial charge in [0.15, 0.2) is 0 Å². The third-order valence-electron chi connectivity index (χ3n) is 2.58. The molecule has 0 spiro atoms. The highest BCUT2D eigenvalue weighted by molar-refractivity contribution is 6.07. The topological polar surface area (TPSA) is 89.1 Å². The maximum Gasteiger partial charge on any atom is 0.320 e. The second-order valence-corrected chi connectivity index (χ2v) is 4.30. The Hall–Kier alpha value is -3.15. The summed E-state index contributed by atoms with van der Waals surface area (Å²) >= 11 is 0. The molecule has 2 rings (SSSR count). The number of nitrogens with two attached hydrogens (primary N) is 1. The van der Waals surface area contributed by atoms with E-state index in [9.17, 15) is 4.79 Å². The summed E-state index contributed by atoms with van der Waals surface area (Å²) in [5.74, 6) is -0.0898. The highest BCUT2D eigenvalue weighted by atomic mass is 16.5. The van der Waals surface area contributed by atoms with E-state index in [4.69, 9.17) is 10.5 Å². The van der Waals surface area contributed by atoms with Gasteiger partial charge in [0.25, 0.3) is 5.91 Å². The number of carbonyl (C=O) groups is 1. The molecular weight excluding hydrogens is 304 g/mol. The molecule has 0 saturated carbocycles. The Labute approximate surface area is 142 Å². The van der Waals surface area contributed by atoms with Gasteiger partial charge in [-0.1, -0.05) is 56.9 Å². The first kappa shape index (κ1) is 18.9. The molecule has 0 aromatic heterocycles. The Morgan fingerprint density at radius 2 is 2.00 bits per heavy atom. The van der Waals surface area contributed by atoms with Crippen molar-refractivity contribution in [1.29, 1.82) is 0 Å². The number of rotatable bonds is 1. The van der Waals surface area contributed by atoms with Crippen molar-refractivity contribution in [2.24, 2.45) is 15.7 Å². The lowest BCUT2D eigenvalue weighted by molar-refractivity contribution is 0.0976. The van der Waals surface area contributed by atoms with Crippen LogP contribution in [0.25, 0.3) is 0 Å². The summed E-state index contributed by atoms with van der Waals surface area (Å²) in [4.78, 5) is 20.0. The van der Waals surface area contributed by atoms with E-state index in [0.29, 0.717) is 17.9 Å². The standard InChI is InChI=1S/C16H16N4O2.C2H6/c1-12-8-4-3-7-11-18-16(22-12)20-15(17)19-14(21)13-9-5-2-6-10-13;1-2/h2-10H,1,11H2,(H3,17,18,19,20,21);1-2H3/b7-3-,8-4-;. The first-order valence-corrected chi connectivity index (χ1v) is 7.60. The fourth-order valence-electron chi connectivity index (χ4n) is 1.58. The quantitative estimate of drug-likeness (QED) is 0.614. The fraction of sp³-hybridized carbons (Fsp3) is 0.167. The Bertz CT molecular complexity index is 674. The summed E-state index contributed by atoms with van der Waals surface area (Å²) in [5.41, 5.74) is 6.19. The van der Waals surface area contributed by atoms with Crippen LogP contribution in [0.15, 0.2) is 77.0 Å². The highest BCUT2D eigenvalue weighted by Gasteiger charge is 2.08. The third kappa shape index (κ3) is 6.74. The molecule has 126 valence electrons. The molecule has 0 saturated heterocycles. The van der Waals surface area contributed by atoms with Gasteiger partial charge in [0.2, 0.25) is 5.96 Å². The molecule has 0 fully saturated rings. The minimum absolute atomic E-state index is 0.0343. The maximum absolute atomic E-state index is 11.9. The molecule has 6 nitrogen and oxygen atoms in total. The van der Waals surface area contributed by atoms with Gasteiger partial charge in [0.1, 0.15) is 5.76 Å². The van der Waals surface area contributed by atoms with Crippen molar-refractivity contribution in [3.05, 3.63) is 72.5 Å². The van der Waals surface area contributed by atoms with E-state index in [1.165, 1.54) is 0 Å². The van der Waals surface area contributed by atoms with Gasteiger partial charge in [-0.05, 0) is 18.2 Å². The zero-order valence-corrected chi connectivity index (χ0v) is 13.9. The lowest BCUT2D eigenvalue weighted by atomic mass is 10.2. The van der Waals surface area contributed by atoms with Crippen molar-refractivity contribution < 1.29 is 9.53 Å². The van der Waals surface area contributed by atoms with Crippen LogP contribution >= 0.6 is 0 Å². The number of carbonyl (C=O) groups excluding carboxylic acids is 1. The van der Waals surface area contributed by atoms with Crippen LogP contribution in [0.5, 0.6) is 0 Å². The molecule has 24 heavy (non-hydrogen) atoms. The third-order valence-corrected chi connectivity index (χ3v) is 2.58. The number of benzene rings is 1. The molecule has 0 bridgehead atoms. The van der Waals surface area contributed by atoms with Gasteiger partial charge >= 0.3 is 6.02 Å². The Morgan fingerprint density at radius 1 is 1.29 bits per heavy atom. The number of guanidine groups is 1. The Morgan fingerprint density at radius 3 is 2.71 bits per heavy atom. The molecule has 1 aromatic rings. The van der Waals surface area contributed by atoms with Crippen LogP contribution in [0.1, 0.15) is 24.2 Å². The normalized spacial score (nSPS) is 16.8. The second kappa shape index (κ2) is 10.6. The summed E-state index contributed by atoms with van der Waals surface area (Å²) in [7, 11) is 0. The average molecular weight is 326 g/mol. The van der Waals surface area contributed by atoms with Crippen molar-refractivity contribution in [2.45, 2.75) is 13.8 Å². The smallest absolute Gasteiger partial charge is 0.320 e. The van der Waals surface area contributed by atoms with Gasteiger partial charge in [-0.2, -0.15) is 4.99 Å². The second-order valence-electron chi connectivity index (χ2n) is 4.30. The lowest BCUT2D eigenvalue weighted by Crippen LogP contribution is -2.37. The summed E-state index contributed by atoms with van der Waals surface area (Å²) in [6, 6.07) is 8.72. The van der Waals surface area contributed by atoms with E-state index >= 15 is 0 Å². The number of hydrogen-bond donors (Lipinski definition) is 2. The highest BCUT2D eigenvalue weighted by Crippen LogP contribution is 2.02. The number of ether oxygens (including phenoxy) is 1. The summed E-state index contributed by atoms with van der Waals surface area (Å²) in [6.07, 6.45) is 7.11. The molecule has 1 aromatic carbocycles. The van der Waals surface area contributed by atoms with Crippen LogP contribution in [-0.2, 0) is 4.74 Å². The molecule has 0 unspecified atom stereocenters. The SMILES string of the molecule is C=C1/C=C\C=C/CN=C(/N=C(\N)NC(=O)c2ccccc2)O1.CC. The number of nitrogens with zero attached hydrogens (tertiary/aromatic N) is 2. The van der Waals surface area contributed by atoms with Crippen molar-refractivity contribution in [1.82, 2.24) is 5.32 Å². The number of aliphatic imine (C=N–C) groups is 2. The summed E-state index contributed by atoms with van der Waals surface area (Å²) in [6.45, 7) is 8.09. The van der Waals surface area contributed by atoms with Gasteiger partial charge in [-0.15, -0.1) is 0 Å². The molecule has 3 N–H and O–H groups in total. The predicted octanol–water partition coefficient (Wildman–Crippen LogP) is 2.77. The average Bonchev–Trinajstić information content (AvgIpc) is 2.69. The van der Waals surface area contributed by atoms with E-state index in [1.807, 2.05) is 32.1 Å². The lowest BCUT2D eigenvalue weighted by Gasteiger charge is -2.06. The Kier molecular flexibility index (Phi) is 8.31. The molecule has 1 amide bonds. The molecular formula is C18H22N4O2. The van der Waals surface area contributed by atoms with E-state index in [2.05, 4.69) is 21.9 Å². The number of hydrogen-bond acceptors (Lipinski definition) is 4. The van der Waals surface area contributed by atoms with Crippen LogP contribution in [0, 0.1) is 0 Å². The van der Waals surface area contributed by atoms with Gasteiger partial charge in [-0.25, -0.2) is 4.99 Å². The first-order chi connectivity index (χ1) is 11.6. The van der Waals surface area contributed by atoms with E-state index in [1.54, 1.807) is 36.4 Å². The van der Waals surface area contributed by atoms with Crippen LogP contribution in [-0.4, -0.2) is 24.4 Å². The fourth-order valence-corrected chi connectivity index (χ4v) is 1.58. The molecule has 1 aliphatic rings. The number of amidine groups is 1. The van der Waals surface area contributed by atoms with Crippen molar-refractivity contribution >= 4 is 17.9 Å². The van der Waals surface area contributed by atoms with Gasteiger partial charge in [0.05, 0.1) is 6.54 Å². The maximum atomic E-state index is 11.9. The van der Waals surface area contributed by atoms with Crippen molar-refractivity contribution in [3.8, 4) is 0 Å². The van der Waals surface area contributed by atoms with Crippen LogP contribution < -0.4 is 11.1 Å². The number of allylic oxidation sites excluding steroid dienone is 3. The minimum atomic E-state index is -0.357. The van der Waals surface area contributed by atoms with E-state index in [0.717, 1.165) is 0 Å². The molecule has 0 aliphatic carbocycles. The van der Waals surface area contributed by atoms with Crippen LogP contribution in [0.2, 0.25) is 0 Å². The molecule has 1 heterocycles. The van der Waals surface area contributed by atoms with Gasteiger partial charge in [-0.3, -0.25) is 10.1 Å². The molecule has 6 heteroatoms. The zero-order valence-electron chi connectivity index (χ0n) is 13.9. The van der Waals surface area contributed by atoms with Gasteiger partial charge in [0, 0.05) is 5.56 Å². The zero-order chi connectivity index (χ0) is 17.8. The van der Waals surface area contributed by atoms with E-state index in [-0.39, 0.29) is 17.9 Å². The predicted molar refractivity (Wildman–Crippen MR) is 97.7 cm³/mol. The van der Waals surface area contributed by atoms with Crippen LogP contribution in [0.4, 0.5) is 0 Å². The largest absolute Gasteiger partial charge is 0.425 e. The molecule has 0 radical (unpaired) electrons. The molecule has 1 aliphatic heterocycles. The number of amides is 1. The summed E-state index contributed by atoms with van der Waals surface area (Å²) < 4.78 is 5.34. The first-order valence-electron chi connectivity index (χ1n) is 7.60.